The van der Waals surface area contributed by atoms with Gasteiger partial charge in [0, 0.05) is 20.3 Å². The number of nitrogens with one attached hydrogen (secondary N) is 1. The first-order chi connectivity index (χ1) is 7.45. The van der Waals surface area contributed by atoms with Crippen molar-refractivity contribution in [1.82, 2.24) is 5.32 Å². The summed E-state index contributed by atoms with van der Waals surface area (Å²) in [6.07, 6.45) is -3.72. The van der Waals surface area contributed by atoms with Crippen LogP contribution in [0.4, 0.5) is 13.2 Å². The van der Waals surface area contributed by atoms with Gasteiger partial charge in [-0.2, -0.15) is 13.2 Å². The molecule has 1 N–H and O–H groups in total. The van der Waals surface area contributed by atoms with Crippen LogP contribution in [0.5, 0.6) is 0 Å². The van der Waals surface area contributed by atoms with Gasteiger partial charge in [-0.15, -0.1) is 11.6 Å². The number of rotatable bonds is 9. The van der Waals surface area contributed by atoms with Crippen LogP contribution in [0.25, 0.3) is 0 Å². The fourth-order valence-electron chi connectivity index (χ4n) is 0.986. The summed E-state index contributed by atoms with van der Waals surface area (Å²) in [5.41, 5.74) is 0. The summed E-state index contributed by atoms with van der Waals surface area (Å²) in [5.74, 6) is 0. The highest BCUT2D eigenvalue weighted by Gasteiger charge is 2.27. The van der Waals surface area contributed by atoms with Gasteiger partial charge in [0.2, 0.25) is 0 Å². The Hall–Kier alpha value is -0.0400. The third-order valence-electron chi connectivity index (χ3n) is 1.62. The van der Waals surface area contributed by atoms with Gasteiger partial charge < -0.3 is 14.8 Å². The molecule has 0 aliphatic heterocycles. The van der Waals surface area contributed by atoms with Crippen LogP contribution >= 0.6 is 11.6 Å². The van der Waals surface area contributed by atoms with Crippen molar-refractivity contribution in [1.29, 1.82) is 0 Å². The minimum absolute atomic E-state index is 0.0870. The van der Waals surface area contributed by atoms with Gasteiger partial charge in [-0.05, 0) is 13.0 Å². The Morgan fingerprint density at radius 2 is 2.06 bits per heavy atom. The average molecular weight is 264 g/mol. The summed E-state index contributed by atoms with van der Waals surface area (Å²) in [6, 6.07) is 0. The summed E-state index contributed by atoms with van der Waals surface area (Å²) >= 11 is 5.81. The predicted octanol–water partition coefficient (Wildman–Crippen LogP) is 1.80. The van der Waals surface area contributed by atoms with Crippen LogP contribution in [0.15, 0.2) is 0 Å². The largest absolute Gasteiger partial charge is 0.411 e. The molecule has 0 spiro atoms. The molecule has 0 aliphatic rings. The number of methoxy groups -OCH3 is 1. The van der Waals surface area contributed by atoms with E-state index < -0.39 is 12.8 Å². The van der Waals surface area contributed by atoms with Gasteiger partial charge in [-0.3, -0.25) is 0 Å². The number of alkyl halides is 4. The van der Waals surface area contributed by atoms with Crippen LogP contribution < -0.4 is 5.32 Å². The predicted molar refractivity (Wildman–Crippen MR) is 55.9 cm³/mol. The molecule has 0 saturated heterocycles. The Morgan fingerprint density at radius 1 is 1.38 bits per heavy atom. The molecule has 0 radical (unpaired) electrons. The number of hydrogen-bond donors (Lipinski definition) is 1. The lowest BCUT2D eigenvalue weighted by Crippen LogP contribution is -2.28. The molecule has 0 heterocycles. The first-order valence-corrected chi connectivity index (χ1v) is 5.37. The van der Waals surface area contributed by atoms with E-state index >= 15 is 0 Å². The Labute approximate surface area is 98.2 Å². The monoisotopic (exact) mass is 263 g/mol. The number of halogens is 4. The second-order valence-electron chi connectivity index (χ2n) is 3.28. The molecule has 7 heteroatoms. The van der Waals surface area contributed by atoms with Crippen molar-refractivity contribution in [2.75, 3.05) is 40.0 Å². The van der Waals surface area contributed by atoms with E-state index in [0.29, 0.717) is 26.1 Å². The summed E-state index contributed by atoms with van der Waals surface area (Å²) in [4.78, 5) is 0. The smallest absolute Gasteiger partial charge is 0.383 e. The highest BCUT2D eigenvalue weighted by molar-refractivity contribution is 6.20. The second-order valence-corrected chi connectivity index (χ2v) is 3.90. The summed E-state index contributed by atoms with van der Waals surface area (Å²) in [6.45, 7) is 0.483. The molecule has 0 aliphatic carbocycles. The highest BCUT2D eigenvalue weighted by atomic mass is 35.5. The summed E-state index contributed by atoms with van der Waals surface area (Å²) in [7, 11) is 1.56. The molecule has 0 saturated carbocycles. The molecular formula is C9H17ClF3NO2. The second kappa shape index (κ2) is 9.04. The van der Waals surface area contributed by atoms with E-state index in [1.165, 1.54) is 0 Å². The normalized spacial score (nSPS) is 14.1. The van der Waals surface area contributed by atoms with Crippen molar-refractivity contribution >= 4 is 11.6 Å². The van der Waals surface area contributed by atoms with Crippen LogP contribution in [-0.4, -0.2) is 51.6 Å². The first-order valence-electron chi connectivity index (χ1n) is 4.94. The molecule has 0 bridgehead atoms. The molecule has 0 aromatic carbocycles. The molecule has 0 fully saturated rings. The fraction of sp³-hybridized carbons (Fsp3) is 1.00. The summed E-state index contributed by atoms with van der Waals surface area (Å²) < 4.78 is 44.2. The van der Waals surface area contributed by atoms with Crippen molar-refractivity contribution < 1.29 is 22.6 Å². The zero-order valence-corrected chi connectivity index (χ0v) is 9.90. The first kappa shape index (κ1) is 16.0. The minimum Gasteiger partial charge on any atom is -0.383 e. The van der Waals surface area contributed by atoms with Gasteiger partial charge in [-0.1, -0.05) is 0 Å². The number of hydrogen-bond acceptors (Lipinski definition) is 3. The van der Waals surface area contributed by atoms with E-state index in [-0.39, 0.29) is 12.0 Å². The van der Waals surface area contributed by atoms with E-state index in [9.17, 15) is 13.2 Å². The van der Waals surface area contributed by atoms with Crippen molar-refractivity contribution in [3.8, 4) is 0 Å². The van der Waals surface area contributed by atoms with E-state index in [4.69, 9.17) is 16.3 Å². The van der Waals surface area contributed by atoms with Crippen LogP contribution in [0, 0.1) is 0 Å². The van der Waals surface area contributed by atoms with E-state index in [0.717, 1.165) is 0 Å². The van der Waals surface area contributed by atoms with Gasteiger partial charge in [0.05, 0.1) is 12.0 Å². The topological polar surface area (TPSA) is 30.5 Å². The van der Waals surface area contributed by atoms with Crippen molar-refractivity contribution in [3.63, 3.8) is 0 Å². The van der Waals surface area contributed by atoms with Crippen molar-refractivity contribution in [2.24, 2.45) is 0 Å². The molecular weight excluding hydrogens is 247 g/mol. The zero-order valence-electron chi connectivity index (χ0n) is 9.15. The maximum Gasteiger partial charge on any atom is 0.411 e. The van der Waals surface area contributed by atoms with Gasteiger partial charge in [-0.25, -0.2) is 0 Å². The molecule has 98 valence electrons. The van der Waals surface area contributed by atoms with E-state index in [1.54, 1.807) is 7.11 Å². The molecule has 1 atom stereocenters. The molecule has 0 rings (SSSR count). The highest BCUT2D eigenvalue weighted by Crippen LogP contribution is 2.14. The van der Waals surface area contributed by atoms with Crippen molar-refractivity contribution in [3.05, 3.63) is 0 Å². The van der Waals surface area contributed by atoms with Crippen LogP contribution in [0.1, 0.15) is 6.42 Å². The van der Waals surface area contributed by atoms with Crippen LogP contribution in [0.3, 0.4) is 0 Å². The lowest BCUT2D eigenvalue weighted by atomic mass is 10.4. The Balaban J connectivity index is 3.16. The van der Waals surface area contributed by atoms with E-state index in [2.05, 4.69) is 10.1 Å². The maximum atomic E-state index is 11.6. The maximum absolute atomic E-state index is 11.6. The molecule has 0 aromatic heterocycles. The molecule has 16 heavy (non-hydrogen) atoms. The standard InChI is InChI=1S/C9H17ClF3NO2/c1-15-6-8(10)5-14-3-2-4-16-7-9(11,12)13/h8,14H,2-7H2,1H3. The Kier molecular flexibility index (Phi) is 9.02. The summed E-state index contributed by atoms with van der Waals surface area (Å²) in [5, 5.41) is 2.87. The van der Waals surface area contributed by atoms with E-state index in [1.807, 2.05) is 0 Å². The lowest BCUT2D eigenvalue weighted by molar-refractivity contribution is -0.173. The zero-order chi connectivity index (χ0) is 12.4. The molecule has 0 aromatic rings. The average Bonchev–Trinajstić information content (AvgIpc) is 2.15. The quantitative estimate of drug-likeness (QED) is 0.508. The van der Waals surface area contributed by atoms with Crippen molar-refractivity contribution in [2.45, 2.75) is 18.0 Å². The minimum atomic E-state index is -4.24. The van der Waals surface area contributed by atoms with Gasteiger partial charge in [0.1, 0.15) is 6.61 Å². The molecule has 0 amide bonds. The van der Waals surface area contributed by atoms with Gasteiger partial charge in [0.15, 0.2) is 0 Å². The van der Waals surface area contributed by atoms with Gasteiger partial charge in [0.25, 0.3) is 0 Å². The third kappa shape index (κ3) is 12.0. The van der Waals surface area contributed by atoms with Crippen LogP contribution in [0.2, 0.25) is 0 Å². The third-order valence-corrected chi connectivity index (χ3v) is 1.90. The molecule has 1 unspecified atom stereocenters. The van der Waals surface area contributed by atoms with Crippen LogP contribution in [-0.2, 0) is 9.47 Å². The Bertz CT molecular complexity index is 169. The lowest BCUT2D eigenvalue weighted by Gasteiger charge is -2.10. The van der Waals surface area contributed by atoms with Gasteiger partial charge >= 0.3 is 6.18 Å². The molecule has 3 nitrogen and oxygen atoms in total. The number of ether oxygens (including phenoxy) is 2. The Morgan fingerprint density at radius 3 is 2.62 bits per heavy atom. The fourth-order valence-corrected chi connectivity index (χ4v) is 1.22. The SMILES string of the molecule is COCC(Cl)CNCCCOCC(F)(F)F.